The lowest BCUT2D eigenvalue weighted by Crippen LogP contribution is -2.49. The first-order valence-electron chi connectivity index (χ1n) is 13.7. The van der Waals surface area contributed by atoms with E-state index < -0.39 is 6.09 Å². The summed E-state index contributed by atoms with van der Waals surface area (Å²) in [5, 5.41) is 6.72. The van der Waals surface area contributed by atoms with E-state index in [1.165, 1.54) is 31.0 Å². The van der Waals surface area contributed by atoms with Crippen LogP contribution in [-0.4, -0.2) is 82.7 Å². The second-order valence-electron chi connectivity index (χ2n) is 10.2. The Kier molecular flexibility index (Phi) is 8.85. The smallest absolute Gasteiger partial charge is 0.409 e. The number of hydrogen-bond donors (Lipinski definition) is 1. The first kappa shape index (κ1) is 26.8. The highest BCUT2D eigenvalue weighted by molar-refractivity contribution is 6.03. The van der Waals surface area contributed by atoms with Gasteiger partial charge in [0.2, 0.25) is 0 Å². The minimum absolute atomic E-state index is 0.229. The van der Waals surface area contributed by atoms with Crippen LogP contribution < -0.4 is 10.1 Å². The van der Waals surface area contributed by atoms with Crippen LogP contribution in [0.4, 0.5) is 10.6 Å². The fourth-order valence-electron chi connectivity index (χ4n) is 4.96. The van der Waals surface area contributed by atoms with Crippen LogP contribution in [0.3, 0.4) is 0 Å². The Morgan fingerprint density at radius 2 is 1.72 bits per heavy atom. The number of aromatic nitrogens is 2. The van der Waals surface area contributed by atoms with Gasteiger partial charge in [-0.2, -0.15) is 0 Å². The van der Waals surface area contributed by atoms with Crippen LogP contribution in [0.5, 0.6) is 5.75 Å². The molecule has 206 valence electrons. The number of rotatable bonds is 8. The van der Waals surface area contributed by atoms with Crippen molar-refractivity contribution in [2.24, 2.45) is 0 Å². The molecule has 0 bridgehead atoms. The quantitative estimate of drug-likeness (QED) is 0.465. The third kappa shape index (κ3) is 7.64. The molecule has 1 aromatic carbocycles. The van der Waals surface area contributed by atoms with Crippen LogP contribution >= 0.6 is 0 Å². The van der Waals surface area contributed by atoms with Gasteiger partial charge in [-0.1, -0.05) is 23.7 Å². The highest BCUT2D eigenvalue weighted by Gasteiger charge is 2.23. The zero-order valence-electron chi connectivity index (χ0n) is 22.5. The average molecular weight is 533 g/mol. The zero-order chi connectivity index (χ0) is 27.0. The van der Waals surface area contributed by atoms with Gasteiger partial charge in [-0.3, -0.25) is 14.6 Å². The number of hydrogen-bond acceptors (Lipinski definition) is 8. The zero-order valence-corrected chi connectivity index (χ0v) is 22.5. The summed E-state index contributed by atoms with van der Waals surface area (Å²) in [4.78, 5) is 36.0. The molecule has 0 radical (unpaired) electrons. The molecule has 3 aromatic rings. The molecule has 0 saturated carbocycles. The molecule has 2 fully saturated rings. The van der Waals surface area contributed by atoms with E-state index >= 15 is 0 Å². The molecule has 10 nitrogen and oxygen atoms in total. The van der Waals surface area contributed by atoms with Crippen molar-refractivity contribution in [2.45, 2.75) is 39.2 Å². The third-order valence-corrected chi connectivity index (χ3v) is 7.24. The third-order valence-electron chi connectivity index (χ3n) is 7.24. The van der Waals surface area contributed by atoms with Crippen LogP contribution in [-0.2, 0) is 13.0 Å². The second-order valence-corrected chi connectivity index (χ2v) is 10.2. The molecular formula is C29H36N6O4. The van der Waals surface area contributed by atoms with E-state index in [2.05, 4.69) is 25.3 Å². The van der Waals surface area contributed by atoms with Crippen LogP contribution in [0.2, 0.25) is 0 Å². The Hall–Kier alpha value is -3.76. The number of aryl methyl sites for hydroxylation is 1. The van der Waals surface area contributed by atoms with Gasteiger partial charge in [-0.15, -0.1) is 0 Å². The number of carbonyl (C=O) groups excluding carboxylic acids is 2. The highest BCUT2D eigenvalue weighted by atomic mass is 16.6. The molecule has 2 aliphatic rings. The molecular weight excluding hydrogens is 496 g/mol. The maximum atomic E-state index is 12.7. The summed E-state index contributed by atoms with van der Waals surface area (Å²) in [7, 11) is 0. The van der Waals surface area contributed by atoms with Gasteiger partial charge < -0.3 is 19.5 Å². The molecule has 39 heavy (non-hydrogen) atoms. The molecule has 5 rings (SSSR count). The number of amides is 2. The van der Waals surface area contributed by atoms with E-state index in [1.54, 1.807) is 17.0 Å². The highest BCUT2D eigenvalue weighted by Crippen LogP contribution is 2.17. The van der Waals surface area contributed by atoms with Crippen LogP contribution in [0, 0.1) is 6.92 Å². The Labute approximate surface area is 228 Å². The first-order chi connectivity index (χ1) is 19.0. The van der Waals surface area contributed by atoms with E-state index in [0.717, 1.165) is 57.1 Å². The summed E-state index contributed by atoms with van der Waals surface area (Å²) in [6.07, 6.45) is 5.68. The summed E-state index contributed by atoms with van der Waals surface area (Å²) in [5.74, 6) is 1.38. The number of carbonyl (C=O) groups is 2. The van der Waals surface area contributed by atoms with Crippen LogP contribution in [0.25, 0.3) is 0 Å². The number of piperidine rings is 1. The Bertz CT molecular complexity index is 1230. The fourth-order valence-corrected chi connectivity index (χ4v) is 4.96. The molecule has 0 atom stereocenters. The predicted octanol–water partition coefficient (Wildman–Crippen LogP) is 3.98. The molecule has 2 aromatic heterocycles. The maximum Gasteiger partial charge on any atom is 0.415 e. The summed E-state index contributed by atoms with van der Waals surface area (Å²) in [6.45, 7) is 8.68. The topological polar surface area (TPSA) is 104 Å². The summed E-state index contributed by atoms with van der Waals surface area (Å²) in [6, 6.07) is 12.9. The molecule has 10 heteroatoms. The first-order valence-corrected chi connectivity index (χ1v) is 13.7. The monoisotopic (exact) mass is 532 g/mol. The van der Waals surface area contributed by atoms with Gasteiger partial charge in [0.25, 0.3) is 5.91 Å². The van der Waals surface area contributed by atoms with Gasteiger partial charge in [0.1, 0.15) is 11.6 Å². The number of anilines is 1. The standard InChI is InChI=1S/C29H36N6O4/c1-22-19-25(39-32-22)11-14-33-15-17-35(18-16-33)29(37)38-26-9-10-27(30-20-26)31-28(36)24-7-5-23(6-8-24)21-34-12-3-2-4-13-34/h5-10,19-20H,2-4,11-18,21H2,1H3,(H,30,31,36). The Morgan fingerprint density at radius 1 is 0.949 bits per heavy atom. The normalized spacial score (nSPS) is 16.7. The van der Waals surface area contributed by atoms with Crippen molar-refractivity contribution >= 4 is 17.8 Å². The lowest BCUT2D eigenvalue weighted by molar-refractivity contribution is 0.102. The molecule has 0 aliphatic carbocycles. The molecule has 0 unspecified atom stereocenters. The molecule has 4 heterocycles. The van der Waals surface area contributed by atoms with Gasteiger partial charge in [-0.05, 0) is 62.7 Å². The van der Waals surface area contributed by atoms with Crippen LogP contribution in [0.1, 0.15) is 46.6 Å². The van der Waals surface area contributed by atoms with Crippen molar-refractivity contribution in [2.75, 3.05) is 51.1 Å². The van der Waals surface area contributed by atoms with Gasteiger partial charge >= 0.3 is 6.09 Å². The average Bonchev–Trinajstić information content (AvgIpc) is 3.39. The van der Waals surface area contributed by atoms with E-state index in [0.29, 0.717) is 30.2 Å². The number of benzene rings is 1. The van der Waals surface area contributed by atoms with Gasteiger partial charge in [0.05, 0.1) is 11.9 Å². The van der Waals surface area contributed by atoms with E-state index in [9.17, 15) is 9.59 Å². The summed E-state index contributed by atoms with van der Waals surface area (Å²) in [5.41, 5.74) is 2.67. The van der Waals surface area contributed by atoms with Crippen molar-refractivity contribution in [3.05, 3.63) is 71.2 Å². The van der Waals surface area contributed by atoms with Gasteiger partial charge in [0.15, 0.2) is 5.75 Å². The van der Waals surface area contributed by atoms with Crippen molar-refractivity contribution < 1.29 is 18.8 Å². The fraction of sp³-hybridized carbons (Fsp3) is 0.448. The summed E-state index contributed by atoms with van der Waals surface area (Å²) >= 11 is 0. The minimum atomic E-state index is -0.399. The van der Waals surface area contributed by atoms with Crippen molar-refractivity contribution in [1.29, 1.82) is 0 Å². The van der Waals surface area contributed by atoms with Crippen LogP contribution in [0.15, 0.2) is 53.2 Å². The Morgan fingerprint density at radius 3 is 2.38 bits per heavy atom. The van der Waals surface area contributed by atoms with Crippen molar-refractivity contribution in [1.82, 2.24) is 24.8 Å². The minimum Gasteiger partial charge on any atom is -0.409 e. The number of ether oxygens (including phenoxy) is 1. The molecule has 2 aliphatic heterocycles. The number of nitrogens with one attached hydrogen (secondary N) is 1. The number of piperazine rings is 1. The summed E-state index contributed by atoms with van der Waals surface area (Å²) < 4.78 is 10.8. The SMILES string of the molecule is Cc1cc(CCN2CCN(C(=O)Oc3ccc(NC(=O)c4ccc(CN5CCCCC5)cc4)nc3)CC2)on1. The number of nitrogens with zero attached hydrogens (tertiary/aromatic N) is 5. The number of pyridine rings is 1. The molecule has 2 saturated heterocycles. The Balaban J connectivity index is 1.04. The van der Waals surface area contributed by atoms with E-state index in [-0.39, 0.29) is 5.91 Å². The molecule has 0 spiro atoms. The van der Waals surface area contributed by atoms with Gasteiger partial charge in [0, 0.05) is 57.3 Å². The maximum absolute atomic E-state index is 12.7. The van der Waals surface area contributed by atoms with Gasteiger partial charge in [-0.25, -0.2) is 9.78 Å². The van der Waals surface area contributed by atoms with Crippen molar-refractivity contribution in [3.63, 3.8) is 0 Å². The van der Waals surface area contributed by atoms with E-state index in [1.807, 2.05) is 37.3 Å². The lowest BCUT2D eigenvalue weighted by Gasteiger charge is -2.33. The predicted molar refractivity (Wildman–Crippen MR) is 147 cm³/mol. The molecule has 2 amide bonds. The second kappa shape index (κ2) is 12.9. The lowest BCUT2D eigenvalue weighted by atomic mass is 10.1. The van der Waals surface area contributed by atoms with E-state index in [4.69, 9.17) is 9.26 Å². The molecule has 1 N–H and O–H groups in total. The number of likely N-dealkylation sites (tertiary alicyclic amines) is 1. The largest absolute Gasteiger partial charge is 0.415 e. The van der Waals surface area contributed by atoms with Crippen molar-refractivity contribution in [3.8, 4) is 5.75 Å².